The molecule has 0 radical (unpaired) electrons. The van der Waals surface area contributed by atoms with Crippen molar-refractivity contribution in [1.29, 1.82) is 5.26 Å². The molecule has 0 aliphatic carbocycles. The average Bonchev–Trinajstić information content (AvgIpc) is 2.94. The van der Waals surface area contributed by atoms with Crippen molar-refractivity contribution in [2.45, 2.75) is 32.2 Å². The Hall–Kier alpha value is -2.22. The molecule has 5 nitrogen and oxygen atoms in total. The fourth-order valence-corrected chi connectivity index (χ4v) is 1.91. The predicted molar refractivity (Wildman–Crippen MR) is 66.6 cm³/mol. The van der Waals surface area contributed by atoms with Crippen molar-refractivity contribution in [1.82, 2.24) is 20.2 Å². The van der Waals surface area contributed by atoms with E-state index in [0.29, 0.717) is 5.56 Å². The van der Waals surface area contributed by atoms with Crippen LogP contribution >= 0.6 is 0 Å². The topological polar surface area (TPSA) is 67.4 Å². The van der Waals surface area contributed by atoms with Gasteiger partial charge in [-0.15, -0.1) is 10.2 Å². The molecular formula is C13H15N5. The molecule has 1 atom stereocenters. The SMILES string of the molecule is CCCCC(c1ccc(C#N)cc1)n1ncnn1. The molecule has 0 spiro atoms. The Morgan fingerprint density at radius 2 is 2.11 bits per heavy atom. The molecule has 0 aliphatic rings. The van der Waals surface area contributed by atoms with Gasteiger partial charge in [0.2, 0.25) is 0 Å². The Bertz CT molecular complexity index is 509. The lowest BCUT2D eigenvalue weighted by atomic mass is 10.0. The Morgan fingerprint density at radius 3 is 2.67 bits per heavy atom. The lowest BCUT2D eigenvalue weighted by Gasteiger charge is -2.15. The van der Waals surface area contributed by atoms with Crippen LogP contribution in [-0.4, -0.2) is 20.2 Å². The van der Waals surface area contributed by atoms with Crippen LogP contribution in [0, 0.1) is 11.3 Å². The van der Waals surface area contributed by atoms with Crippen LogP contribution in [0.25, 0.3) is 0 Å². The molecule has 0 saturated heterocycles. The number of rotatable bonds is 5. The number of nitriles is 1. The van der Waals surface area contributed by atoms with Gasteiger partial charge in [0.1, 0.15) is 0 Å². The van der Waals surface area contributed by atoms with E-state index in [4.69, 9.17) is 5.26 Å². The van der Waals surface area contributed by atoms with E-state index in [1.807, 2.05) is 24.3 Å². The van der Waals surface area contributed by atoms with Gasteiger partial charge in [-0.3, -0.25) is 0 Å². The zero-order valence-electron chi connectivity index (χ0n) is 10.3. The highest BCUT2D eigenvalue weighted by Gasteiger charge is 2.15. The van der Waals surface area contributed by atoms with E-state index in [9.17, 15) is 0 Å². The summed E-state index contributed by atoms with van der Waals surface area (Å²) >= 11 is 0. The minimum Gasteiger partial charge on any atom is -0.192 e. The molecule has 0 amide bonds. The Morgan fingerprint density at radius 1 is 1.33 bits per heavy atom. The van der Waals surface area contributed by atoms with Gasteiger partial charge < -0.3 is 0 Å². The maximum absolute atomic E-state index is 8.80. The van der Waals surface area contributed by atoms with Crippen molar-refractivity contribution in [2.75, 3.05) is 0 Å². The highest BCUT2D eigenvalue weighted by molar-refractivity contribution is 5.32. The molecule has 5 heteroatoms. The normalized spacial score (nSPS) is 12.0. The maximum atomic E-state index is 8.80. The number of aromatic nitrogens is 4. The second-order valence-corrected chi connectivity index (χ2v) is 4.15. The number of benzene rings is 1. The minimum absolute atomic E-state index is 0.0974. The number of hydrogen-bond donors (Lipinski definition) is 0. The van der Waals surface area contributed by atoms with E-state index in [1.165, 1.54) is 6.33 Å². The van der Waals surface area contributed by atoms with Crippen LogP contribution in [0.1, 0.15) is 43.4 Å². The van der Waals surface area contributed by atoms with Gasteiger partial charge in [0.15, 0.2) is 6.33 Å². The summed E-state index contributed by atoms with van der Waals surface area (Å²) in [5, 5.41) is 20.7. The lowest BCUT2D eigenvalue weighted by Crippen LogP contribution is -2.14. The van der Waals surface area contributed by atoms with Crippen molar-refractivity contribution in [3.63, 3.8) is 0 Å². The summed E-state index contributed by atoms with van der Waals surface area (Å²) in [7, 11) is 0. The third kappa shape index (κ3) is 2.72. The van der Waals surface area contributed by atoms with Crippen molar-refractivity contribution < 1.29 is 0 Å². The maximum Gasteiger partial charge on any atom is 0.162 e. The van der Waals surface area contributed by atoms with Crippen molar-refractivity contribution in [3.05, 3.63) is 41.7 Å². The van der Waals surface area contributed by atoms with Crippen molar-refractivity contribution in [3.8, 4) is 6.07 Å². The number of hydrogen-bond acceptors (Lipinski definition) is 4. The number of unbranched alkanes of at least 4 members (excludes halogenated alkanes) is 1. The van der Waals surface area contributed by atoms with Crippen LogP contribution in [0.3, 0.4) is 0 Å². The highest BCUT2D eigenvalue weighted by atomic mass is 15.6. The Balaban J connectivity index is 2.25. The second kappa shape index (κ2) is 5.92. The van der Waals surface area contributed by atoms with Crippen molar-refractivity contribution >= 4 is 0 Å². The zero-order chi connectivity index (χ0) is 12.8. The van der Waals surface area contributed by atoms with Gasteiger partial charge in [-0.25, -0.2) is 0 Å². The van der Waals surface area contributed by atoms with E-state index < -0.39 is 0 Å². The smallest absolute Gasteiger partial charge is 0.162 e. The van der Waals surface area contributed by atoms with Crippen LogP contribution in [0.4, 0.5) is 0 Å². The zero-order valence-corrected chi connectivity index (χ0v) is 10.3. The minimum atomic E-state index is 0.0974. The predicted octanol–water partition coefficient (Wildman–Crippen LogP) is 2.32. The summed E-state index contributed by atoms with van der Waals surface area (Å²) in [5.74, 6) is 0. The van der Waals surface area contributed by atoms with E-state index in [0.717, 1.165) is 24.8 Å². The van der Waals surface area contributed by atoms with Crippen LogP contribution in [0.2, 0.25) is 0 Å². The van der Waals surface area contributed by atoms with Gasteiger partial charge in [-0.05, 0) is 29.3 Å². The third-order valence-corrected chi connectivity index (χ3v) is 2.90. The first kappa shape index (κ1) is 12.2. The monoisotopic (exact) mass is 241 g/mol. The lowest BCUT2D eigenvalue weighted by molar-refractivity contribution is 0.415. The molecule has 0 bridgehead atoms. The van der Waals surface area contributed by atoms with Gasteiger partial charge in [0.05, 0.1) is 17.7 Å². The van der Waals surface area contributed by atoms with Crippen LogP contribution in [0.5, 0.6) is 0 Å². The first-order valence-electron chi connectivity index (χ1n) is 6.07. The second-order valence-electron chi connectivity index (χ2n) is 4.15. The van der Waals surface area contributed by atoms with E-state index in [2.05, 4.69) is 28.4 Å². The molecular weight excluding hydrogens is 226 g/mol. The Kier molecular flexibility index (Phi) is 4.02. The summed E-state index contributed by atoms with van der Waals surface area (Å²) in [6.07, 6.45) is 4.65. The molecule has 92 valence electrons. The number of tetrazole rings is 1. The fraction of sp³-hybridized carbons (Fsp3) is 0.385. The Labute approximate surface area is 106 Å². The van der Waals surface area contributed by atoms with Gasteiger partial charge >= 0.3 is 0 Å². The molecule has 1 heterocycles. The molecule has 0 N–H and O–H groups in total. The average molecular weight is 241 g/mol. The van der Waals surface area contributed by atoms with Crippen molar-refractivity contribution in [2.24, 2.45) is 0 Å². The van der Waals surface area contributed by atoms with Crippen LogP contribution in [0.15, 0.2) is 30.6 Å². The summed E-state index contributed by atoms with van der Waals surface area (Å²) < 4.78 is 0. The third-order valence-electron chi connectivity index (χ3n) is 2.90. The molecule has 2 rings (SSSR count). The summed E-state index contributed by atoms with van der Waals surface area (Å²) in [4.78, 5) is 1.64. The first-order valence-corrected chi connectivity index (χ1v) is 6.07. The van der Waals surface area contributed by atoms with E-state index in [1.54, 1.807) is 4.80 Å². The van der Waals surface area contributed by atoms with E-state index in [-0.39, 0.29) is 6.04 Å². The van der Waals surface area contributed by atoms with Gasteiger partial charge in [-0.2, -0.15) is 10.1 Å². The summed E-state index contributed by atoms with van der Waals surface area (Å²) in [6, 6.07) is 9.79. The molecule has 1 aromatic carbocycles. The molecule has 1 aromatic heterocycles. The largest absolute Gasteiger partial charge is 0.192 e. The highest BCUT2D eigenvalue weighted by Crippen LogP contribution is 2.22. The molecule has 0 fully saturated rings. The van der Waals surface area contributed by atoms with Gasteiger partial charge in [0, 0.05) is 0 Å². The number of nitrogens with zero attached hydrogens (tertiary/aromatic N) is 5. The van der Waals surface area contributed by atoms with Crippen LogP contribution < -0.4 is 0 Å². The molecule has 1 unspecified atom stereocenters. The fourth-order valence-electron chi connectivity index (χ4n) is 1.91. The standard InChI is InChI=1S/C13H15N5/c1-2-3-4-13(18-16-10-15-17-18)12-7-5-11(9-14)6-8-12/h5-8,10,13H,2-4H2,1H3. The van der Waals surface area contributed by atoms with Gasteiger partial charge in [0.25, 0.3) is 0 Å². The van der Waals surface area contributed by atoms with E-state index >= 15 is 0 Å². The quantitative estimate of drug-likeness (QED) is 0.805. The van der Waals surface area contributed by atoms with Gasteiger partial charge in [-0.1, -0.05) is 31.9 Å². The summed E-state index contributed by atoms with van der Waals surface area (Å²) in [5.41, 5.74) is 1.78. The molecule has 0 saturated carbocycles. The first-order chi connectivity index (χ1) is 8.85. The summed E-state index contributed by atoms with van der Waals surface area (Å²) in [6.45, 7) is 2.16. The van der Waals surface area contributed by atoms with Crippen LogP contribution in [-0.2, 0) is 0 Å². The molecule has 18 heavy (non-hydrogen) atoms. The molecule has 2 aromatic rings. The molecule has 0 aliphatic heterocycles.